The van der Waals surface area contributed by atoms with Gasteiger partial charge in [-0.1, -0.05) is 17.7 Å². The van der Waals surface area contributed by atoms with Gasteiger partial charge in [0.1, 0.15) is 12.3 Å². The first-order chi connectivity index (χ1) is 9.85. The van der Waals surface area contributed by atoms with E-state index < -0.39 is 24.5 Å². The van der Waals surface area contributed by atoms with Crippen LogP contribution in [-0.2, 0) is 9.59 Å². The van der Waals surface area contributed by atoms with Crippen LogP contribution in [0.15, 0.2) is 35.3 Å². The van der Waals surface area contributed by atoms with Crippen molar-refractivity contribution >= 4 is 39.4 Å². The molecule has 0 aromatic heterocycles. The Bertz CT molecular complexity index is 550. The number of carboxylic acids is 1. The SMILES string of the molecule is C=CCN(CC(=O)O)C(=O)C(C)Oc1ccc(Cl)cc1Br. The quantitative estimate of drug-likeness (QED) is 0.743. The zero-order chi connectivity index (χ0) is 16.0. The molecule has 1 rings (SSSR count). The monoisotopic (exact) mass is 375 g/mol. The average Bonchev–Trinajstić information content (AvgIpc) is 2.40. The lowest BCUT2D eigenvalue weighted by Gasteiger charge is -2.23. The summed E-state index contributed by atoms with van der Waals surface area (Å²) in [5.74, 6) is -1.07. The third-order valence-corrected chi connectivity index (χ3v) is 3.39. The highest BCUT2D eigenvalue weighted by molar-refractivity contribution is 9.10. The van der Waals surface area contributed by atoms with Crippen LogP contribution in [0, 0.1) is 0 Å². The van der Waals surface area contributed by atoms with E-state index in [-0.39, 0.29) is 6.54 Å². The van der Waals surface area contributed by atoms with Crippen LogP contribution in [0.25, 0.3) is 0 Å². The summed E-state index contributed by atoms with van der Waals surface area (Å²) in [5.41, 5.74) is 0. The molecule has 0 aliphatic rings. The molecule has 0 fully saturated rings. The fraction of sp³-hybridized carbons (Fsp3) is 0.286. The summed E-state index contributed by atoms with van der Waals surface area (Å²) < 4.78 is 6.16. The third kappa shape index (κ3) is 5.40. The van der Waals surface area contributed by atoms with Gasteiger partial charge in [-0.2, -0.15) is 0 Å². The minimum absolute atomic E-state index is 0.140. The lowest BCUT2D eigenvalue weighted by Crippen LogP contribution is -2.43. The van der Waals surface area contributed by atoms with E-state index in [0.717, 1.165) is 4.90 Å². The van der Waals surface area contributed by atoms with E-state index in [0.29, 0.717) is 15.2 Å². The first-order valence-electron chi connectivity index (χ1n) is 6.08. The highest BCUT2D eigenvalue weighted by Gasteiger charge is 2.23. The Kier molecular flexibility index (Phi) is 6.71. The van der Waals surface area contributed by atoms with E-state index >= 15 is 0 Å². The molecule has 1 aromatic carbocycles. The number of carbonyl (C=O) groups excluding carboxylic acids is 1. The Morgan fingerprint density at radius 3 is 2.76 bits per heavy atom. The highest BCUT2D eigenvalue weighted by Crippen LogP contribution is 2.28. The zero-order valence-corrected chi connectivity index (χ0v) is 13.7. The number of ether oxygens (including phenoxy) is 1. The van der Waals surface area contributed by atoms with Crippen molar-refractivity contribution in [2.24, 2.45) is 0 Å². The lowest BCUT2D eigenvalue weighted by atomic mass is 10.3. The molecule has 5 nitrogen and oxygen atoms in total. The molecule has 7 heteroatoms. The van der Waals surface area contributed by atoms with Crippen molar-refractivity contribution in [2.75, 3.05) is 13.1 Å². The molecule has 0 spiro atoms. The summed E-state index contributed by atoms with van der Waals surface area (Å²) in [6, 6.07) is 4.91. The Morgan fingerprint density at radius 2 is 2.24 bits per heavy atom. The van der Waals surface area contributed by atoms with E-state index in [1.807, 2.05) is 0 Å². The number of carboxylic acid groups (broad SMARTS) is 1. The van der Waals surface area contributed by atoms with E-state index in [1.165, 1.54) is 6.08 Å². The average molecular weight is 377 g/mol. The summed E-state index contributed by atoms with van der Waals surface area (Å²) in [7, 11) is 0. The van der Waals surface area contributed by atoms with Crippen LogP contribution < -0.4 is 4.74 Å². The smallest absolute Gasteiger partial charge is 0.323 e. The van der Waals surface area contributed by atoms with E-state index in [4.69, 9.17) is 21.4 Å². The number of carbonyl (C=O) groups is 2. The molecule has 1 atom stereocenters. The van der Waals surface area contributed by atoms with Gasteiger partial charge in [0.2, 0.25) is 0 Å². The number of amides is 1. The van der Waals surface area contributed by atoms with Crippen LogP contribution in [0.2, 0.25) is 5.02 Å². The molecule has 0 bridgehead atoms. The minimum Gasteiger partial charge on any atom is -0.480 e. The van der Waals surface area contributed by atoms with E-state index in [9.17, 15) is 9.59 Å². The predicted octanol–water partition coefficient (Wildman–Crippen LogP) is 2.97. The van der Waals surface area contributed by atoms with Crippen LogP contribution in [-0.4, -0.2) is 41.1 Å². The molecule has 1 amide bonds. The third-order valence-electron chi connectivity index (χ3n) is 2.53. The van der Waals surface area contributed by atoms with Crippen molar-refractivity contribution in [1.29, 1.82) is 0 Å². The zero-order valence-electron chi connectivity index (χ0n) is 11.4. The molecule has 0 heterocycles. The molecule has 1 aromatic rings. The maximum Gasteiger partial charge on any atom is 0.323 e. The van der Waals surface area contributed by atoms with Crippen molar-refractivity contribution in [3.8, 4) is 5.75 Å². The summed E-state index contributed by atoms with van der Waals surface area (Å²) in [4.78, 5) is 24.1. The molecule has 0 aliphatic heterocycles. The minimum atomic E-state index is -1.09. The van der Waals surface area contributed by atoms with Crippen LogP contribution in [0.5, 0.6) is 5.75 Å². The van der Waals surface area contributed by atoms with Crippen molar-refractivity contribution in [1.82, 2.24) is 4.90 Å². The topological polar surface area (TPSA) is 66.8 Å². The lowest BCUT2D eigenvalue weighted by molar-refractivity contribution is -0.147. The Labute approximate surface area is 136 Å². The van der Waals surface area contributed by atoms with Gasteiger partial charge in [0.25, 0.3) is 5.91 Å². The molecular weight excluding hydrogens is 362 g/mol. The number of hydrogen-bond donors (Lipinski definition) is 1. The molecule has 114 valence electrons. The van der Waals surface area contributed by atoms with Gasteiger partial charge in [0.05, 0.1) is 4.47 Å². The second kappa shape index (κ2) is 8.05. The van der Waals surface area contributed by atoms with Crippen LogP contribution >= 0.6 is 27.5 Å². The standard InChI is InChI=1S/C14H15BrClNO4/c1-3-6-17(8-13(18)19)14(20)9(2)21-12-5-4-10(16)7-11(12)15/h3-5,7,9H,1,6,8H2,2H3,(H,18,19). The maximum absolute atomic E-state index is 12.2. The molecule has 0 saturated carbocycles. The van der Waals surface area contributed by atoms with Crippen molar-refractivity contribution in [3.63, 3.8) is 0 Å². The number of benzene rings is 1. The second-order valence-corrected chi connectivity index (χ2v) is 5.53. The molecule has 21 heavy (non-hydrogen) atoms. The van der Waals surface area contributed by atoms with Gasteiger partial charge in [-0.05, 0) is 41.1 Å². The number of aliphatic carboxylic acids is 1. The van der Waals surface area contributed by atoms with Gasteiger partial charge >= 0.3 is 5.97 Å². The summed E-state index contributed by atoms with van der Waals surface area (Å²) in [6.45, 7) is 4.80. The molecule has 0 radical (unpaired) electrons. The molecule has 1 unspecified atom stereocenters. The Balaban J connectivity index is 2.80. The molecule has 0 aliphatic carbocycles. The first-order valence-corrected chi connectivity index (χ1v) is 7.25. The van der Waals surface area contributed by atoms with Crippen LogP contribution in [0.4, 0.5) is 0 Å². The van der Waals surface area contributed by atoms with Crippen molar-refractivity contribution in [3.05, 3.63) is 40.3 Å². The molecule has 1 N–H and O–H groups in total. The Morgan fingerprint density at radius 1 is 1.57 bits per heavy atom. The maximum atomic E-state index is 12.2. The fourth-order valence-corrected chi connectivity index (χ4v) is 2.40. The predicted molar refractivity (Wildman–Crippen MR) is 83.7 cm³/mol. The second-order valence-electron chi connectivity index (χ2n) is 4.24. The van der Waals surface area contributed by atoms with Crippen molar-refractivity contribution < 1.29 is 19.4 Å². The largest absolute Gasteiger partial charge is 0.480 e. The number of hydrogen-bond acceptors (Lipinski definition) is 3. The summed E-state index contributed by atoms with van der Waals surface area (Å²) in [6.07, 6.45) is 0.632. The van der Waals surface area contributed by atoms with Gasteiger partial charge < -0.3 is 14.7 Å². The van der Waals surface area contributed by atoms with Gasteiger partial charge in [0, 0.05) is 11.6 Å². The normalized spacial score (nSPS) is 11.6. The van der Waals surface area contributed by atoms with Gasteiger partial charge in [-0.3, -0.25) is 9.59 Å². The first kappa shape index (κ1) is 17.5. The van der Waals surface area contributed by atoms with E-state index in [1.54, 1.807) is 25.1 Å². The van der Waals surface area contributed by atoms with Gasteiger partial charge in [-0.25, -0.2) is 0 Å². The number of halogens is 2. The summed E-state index contributed by atoms with van der Waals surface area (Å²) in [5, 5.41) is 9.35. The fourth-order valence-electron chi connectivity index (χ4n) is 1.62. The van der Waals surface area contributed by atoms with E-state index in [2.05, 4.69) is 22.5 Å². The summed E-state index contributed by atoms with van der Waals surface area (Å²) >= 11 is 9.12. The number of nitrogens with zero attached hydrogens (tertiary/aromatic N) is 1. The van der Waals surface area contributed by atoms with Gasteiger partial charge in [0.15, 0.2) is 6.10 Å². The molecular formula is C14H15BrClNO4. The Hall–Kier alpha value is -1.53. The van der Waals surface area contributed by atoms with Crippen LogP contribution in [0.1, 0.15) is 6.92 Å². The van der Waals surface area contributed by atoms with Gasteiger partial charge in [-0.15, -0.1) is 6.58 Å². The number of rotatable bonds is 7. The highest BCUT2D eigenvalue weighted by atomic mass is 79.9. The van der Waals surface area contributed by atoms with Crippen LogP contribution in [0.3, 0.4) is 0 Å². The van der Waals surface area contributed by atoms with Crippen molar-refractivity contribution in [2.45, 2.75) is 13.0 Å². The molecule has 0 saturated heterocycles.